The summed E-state index contributed by atoms with van der Waals surface area (Å²) in [6.07, 6.45) is 0. The highest BCUT2D eigenvalue weighted by Crippen LogP contribution is 2.25. The lowest BCUT2D eigenvalue weighted by Crippen LogP contribution is -2.27. The molecule has 0 saturated heterocycles. The molecule has 2 aromatic heterocycles. The van der Waals surface area contributed by atoms with Gasteiger partial charge in [-0.2, -0.15) is 0 Å². The molecule has 0 fully saturated rings. The van der Waals surface area contributed by atoms with Crippen LogP contribution in [0.2, 0.25) is 0 Å². The third-order valence-corrected chi connectivity index (χ3v) is 3.95. The van der Waals surface area contributed by atoms with E-state index in [0.29, 0.717) is 0 Å². The second-order valence-electron chi connectivity index (χ2n) is 5.34. The number of anilines is 1. The first-order chi connectivity index (χ1) is 10.7. The Kier molecular flexibility index (Phi) is 2.76. The summed E-state index contributed by atoms with van der Waals surface area (Å²) in [7, 11) is 0. The van der Waals surface area contributed by atoms with Crippen LogP contribution >= 0.6 is 0 Å². The number of pyridine rings is 1. The molecule has 4 heteroatoms. The van der Waals surface area contributed by atoms with Crippen LogP contribution in [-0.4, -0.2) is 9.66 Å². The molecule has 2 heterocycles. The molecule has 0 aliphatic heterocycles. The van der Waals surface area contributed by atoms with E-state index in [1.54, 1.807) is 10.7 Å². The maximum atomic E-state index is 12.5. The summed E-state index contributed by atoms with van der Waals surface area (Å²) >= 11 is 0. The van der Waals surface area contributed by atoms with Crippen molar-refractivity contribution in [1.29, 1.82) is 0 Å². The van der Waals surface area contributed by atoms with Crippen molar-refractivity contribution in [3.8, 4) is 0 Å². The minimum atomic E-state index is -0.0707. The van der Waals surface area contributed by atoms with E-state index < -0.39 is 0 Å². The number of para-hydroxylation sites is 2. The lowest BCUT2D eigenvalue weighted by atomic mass is 10.1. The van der Waals surface area contributed by atoms with Crippen molar-refractivity contribution in [2.24, 2.45) is 0 Å². The van der Waals surface area contributed by atoms with Gasteiger partial charge in [-0.1, -0.05) is 36.4 Å². The molecule has 22 heavy (non-hydrogen) atoms. The van der Waals surface area contributed by atoms with Gasteiger partial charge in [0.2, 0.25) is 0 Å². The number of aromatic nitrogens is 2. The van der Waals surface area contributed by atoms with Crippen molar-refractivity contribution >= 4 is 27.5 Å². The van der Waals surface area contributed by atoms with Crippen LogP contribution < -0.4 is 11.0 Å². The van der Waals surface area contributed by atoms with E-state index in [4.69, 9.17) is 0 Å². The zero-order valence-corrected chi connectivity index (χ0v) is 12.1. The summed E-state index contributed by atoms with van der Waals surface area (Å²) in [5.74, 6) is 0. The van der Waals surface area contributed by atoms with Gasteiger partial charge in [-0.05, 0) is 25.1 Å². The van der Waals surface area contributed by atoms with Crippen LogP contribution in [0.1, 0.15) is 5.69 Å². The van der Waals surface area contributed by atoms with E-state index in [1.807, 2.05) is 61.5 Å². The van der Waals surface area contributed by atoms with Crippen molar-refractivity contribution in [1.82, 2.24) is 9.66 Å². The van der Waals surface area contributed by atoms with Gasteiger partial charge in [-0.3, -0.25) is 10.2 Å². The Morgan fingerprint density at radius 2 is 1.68 bits per heavy atom. The molecule has 0 radical (unpaired) electrons. The lowest BCUT2D eigenvalue weighted by molar-refractivity contribution is 0.866. The number of nitrogens with zero attached hydrogens (tertiary/aromatic N) is 1. The average molecular weight is 289 g/mol. The predicted octanol–water partition coefficient (Wildman–Crippen LogP) is 3.67. The van der Waals surface area contributed by atoms with E-state index >= 15 is 0 Å². The topological polar surface area (TPSA) is 49.8 Å². The van der Waals surface area contributed by atoms with E-state index in [2.05, 4.69) is 10.4 Å². The molecular weight excluding hydrogens is 274 g/mol. The van der Waals surface area contributed by atoms with Gasteiger partial charge in [0.05, 0.1) is 16.9 Å². The van der Waals surface area contributed by atoms with Gasteiger partial charge < -0.3 is 4.98 Å². The molecular formula is C18H15N3O. The van der Waals surface area contributed by atoms with Crippen LogP contribution in [0, 0.1) is 6.92 Å². The number of fused-ring (bicyclic) bond motifs is 3. The number of aromatic amines is 1. The largest absolute Gasteiger partial charge is 0.353 e. The van der Waals surface area contributed by atoms with E-state index in [9.17, 15) is 4.79 Å². The average Bonchev–Trinajstić information content (AvgIpc) is 2.91. The van der Waals surface area contributed by atoms with E-state index in [0.717, 1.165) is 33.2 Å². The van der Waals surface area contributed by atoms with Crippen molar-refractivity contribution < 1.29 is 0 Å². The minimum Gasteiger partial charge on any atom is -0.353 e. The number of hydrogen-bond donors (Lipinski definition) is 2. The maximum Gasteiger partial charge on any atom is 0.270 e. The number of nitrogens with one attached hydrogen (secondary N) is 2. The van der Waals surface area contributed by atoms with Crippen LogP contribution in [0.4, 0.5) is 5.69 Å². The first kappa shape index (κ1) is 12.7. The SMILES string of the molecule is Cc1c2[nH]c3ccccc3c2cc(=O)n1Nc1ccccc1. The molecule has 4 rings (SSSR count). The molecule has 0 aliphatic carbocycles. The van der Waals surface area contributed by atoms with Crippen molar-refractivity contribution in [3.05, 3.63) is 76.7 Å². The van der Waals surface area contributed by atoms with E-state index in [-0.39, 0.29) is 5.56 Å². The summed E-state index contributed by atoms with van der Waals surface area (Å²) in [4.78, 5) is 15.9. The highest BCUT2D eigenvalue weighted by atomic mass is 16.1. The summed E-state index contributed by atoms with van der Waals surface area (Å²) in [5, 5.41) is 2.04. The van der Waals surface area contributed by atoms with Gasteiger partial charge in [-0.25, -0.2) is 4.68 Å². The Hall–Kier alpha value is -3.01. The molecule has 0 bridgehead atoms. The summed E-state index contributed by atoms with van der Waals surface area (Å²) in [6.45, 7) is 1.94. The second-order valence-corrected chi connectivity index (χ2v) is 5.34. The fourth-order valence-electron chi connectivity index (χ4n) is 2.84. The predicted molar refractivity (Wildman–Crippen MR) is 90.3 cm³/mol. The molecule has 0 unspecified atom stereocenters. The van der Waals surface area contributed by atoms with Gasteiger partial charge in [0.1, 0.15) is 0 Å². The fraction of sp³-hybridized carbons (Fsp3) is 0.0556. The van der Waals surface area contributed by atoms with Gasteiger partial charge >= 0.3 is 0 Å². The molecule has 2 N–H and O–H groups in total. The maximum absolute atomic E-state index is 12.5. The third kappa shape index (κ3) is 1.89. The molecule has 108 valence electrons. The van der Waals surface area contributed by atoms with E-state index in [1.165, 1.54) is 0 Å². The Balaban J connectivity index is 1.96. The quantitative estimate of drug-likeness (QED) is 0.591. The second kappa shape index (κ2) is 4.77. The Morgan fingerprint density at radius 1 is 0.955 bits per heavy atom. The first-order valence-corrected chi connectivity index (χ1v) is 7.19. The molecule has 4 aromatic rings. The van der Waals surface area contributed by atoms with Crippen LogP contribution in [0.5, 0.6) is 0 Å². The minimum absolute atomic E-state index is 0.0707. The molecule has 0 aliphatic rings. The van der Waals surface area contributed by atoms with Crippen LogP contribution in [0.25, 0.3) is 21.8 Å². The number of hydrogen-bond acceptors (Lipinski definition) is 2. The molecule has 0 atom stereocenters. The Bertz CT molecular complexity index is 1030. The molecule has 2 aromatic carbocycles. The van der Waals surface area contributed by atoms with Crippen molar-refractivity contribution in [2.45, 2.75) is 6.92 Å². The normalized spacial score (nSPS) is 11.1. The Morgan fingerprint density at radius 3 is 2.50 bits per heavy atom. The van der Waals surface area contributed by atoms with Crippen LogP contribution in [0.15, 0.2) is 65.5 Å². The third-order valence-electron chi connectivity index (χ3n) is 3.95. The summed E-state index contributed by atoms with van der Waals surface area (Å²) in [6, 6.07) is 19.4. The standard InChI is InChI=1S/C18H15N3O/c1-12-18-15(14-9-5-6-10-16(14)19-18)11-17(22)21(12)20-13-7-3-2-4-8-13/h2-11,19-20H,1H3. The first-order valence-electron chi connectivity index (χ1n) is 7.19. The molecule has 4 nitrogen and oxygen atoms in total. The highest BCUT2D eigenvalue weighted by Gasteiger charge is 2.11. The van der Waals surface area contributed by atoms with Crippen LogP contribution in [-0.2, 0) is 0 Å². The number of aryl methyl sites for hydroxylation is 1. The fourth-order valence-corrected chi connectivity index (χ4v) is 2.84. The summed E-state index contributed by atoms with van der Waals surface area (Å²) in [5.41, 5.74) is 6.85. The van der Waals surface area contributed by atoms with Gasteiger partial charge in [0.25, 0.3) is 5.56 Å². The zero-order chi connectivity index (χ0) is 15.1. The number of benzene rings is 2. The van der Waals surface area contributed by atoms with Gasteiger partial charge in [0, 0.05) is 22.4 Å². The van der Waals surface area contributed by atoms with Crippen LogP contribution in [0.3, 0.4) is 0 Å². The zero-order valence-electron chi connectivity index (χ0n) is 12.1. The van der Waals surface area contributed by atoms with Crippen molar-refractivity contribution in [2.75, 3.05) is 5.43 Å². The number of rotatable bonds is 2. The smallest absolute Gasteiger partial charge is 0.270 e. The number of H-pyrrole nitrogens is 1. The molecule has 0 saturated carbocycles. The lowest BCUT2D eigenvalue weighted by Gasteiger charge is -2.13. The molecule has 0 amide bonds. The Labute approximate surface area is 127 Å². The van der Waals surface area contributed by atoms with Gasteiger partial charge in [0.15, 0.2) is 0 Å². The summed E-state index contributed by atoms with van der Waals surface area (Å²) < 4.78 is 1.58. The van der Waals surface area contributed by atoms with Gasteiger partial charge in [-0.15, -0.1) is 0 Å². The van der Waals surface area contributed by atoms with Crippen molar-refractivity contribution in [3.63, 3.8) is 0 Å². The molecule has 0 spiro atoms. The highest BCUT2D eigenvalue weighted by molar-refractivity contribution is 6.07. The monoisotopic (exact) mass is 289 g/mol.